The van der Waals surface area contributed by atoms with Gasteiger partial charge in [-0.05, 0) is 49.4 Å². The minimum Gasteiger partial charge on any atom is -0.508 e. The first-order chi connectivity index (χ1) is 11.7. The molecule has 1 N–H and O–H groups in total. The molecule has 2 heterocycles. The van der Waals surface area contributed by atoms with Gasteiger partial charge in [0.05, 0.1) is 5.52 Å². The largest absolute Gasteiger partial charge is 0.508 e. The summed E-state index contributed by atoms with van der Waals surface area (Å²) in [4.78, 5) is 0. The van der Waals surface area contributed by atoms with E-state index in [4.69, 9.17) is 0 Å². The monoisotopic (exact) mass is 313 g/mol. The van der Waals surface area contributed by atoms with Gasteiger partial charge in [-0.25, -0.2) is 0 Å². The van der Waals surface area contributed by atoms with Crippen molar-refractivity contribution in [3.63, 3.8) is 0 Å². The highest BCUT2D eigenvalue weighted by atomic mass is 16.3. The zero-order valence-corrected chi connectivity index (χ0v) is 13.1. The molecule has 0 amide bonds. The van der Waals surface area contributed by atoms with E-state index in [0.717, 1.165) is 28.1 Å². The molecule has 0 atom stereocenters. The Morgan fingerprint density at radius 1 is 0.958 bits per heavy atom. The second-order valence-corrected chi connectivity index (χ2v) is 5.70. The zero-order valence-electron chi connectivity index (χ0n) is 13.1. The van der Waals surface area contributed by atoms with Crippen LogP contribution < -0.4 is 0 Å². The van der Waals surface area contributed by atoms with E-state index in [1.54, 1.807) is 12.1 Å². The SMILES string of the molecule is Cc1cccn1-c1c(C#N)c2ccccc2n1-c1ccc(O)cc1. The molecule has 2 aromatic carbocycles. The lowest BCUT2D eigenvalue weighted by molar-refractivity contribution is 0.475. The fraction of sp³-hybridized carbons (Fsp3) is 0.0500. The summed E-state index contributed by atoms with van der Waals surface area (Å²) >= 11 is 0. The van der Waals surface area contributed by atoms with Crippen LogP contribution in [-0.2, 0) is 0 Å². The van der Waals surface area contributed by atoms with E-state index < -0.39 is 0 Å². The second kappa shape index (κ2) is 5.32. The van der Waals surface area contributed by atoms with Gasteiger partial charge in [0.15, 0.2) is 0 Å². The number of nitrogens with zero attached hydrogens (tertiary/aromatic N) is 3. The topological polar surface area (TPSA) is 53.9 Å². The minimum absolute atomic E-state index is 0.217. The molecule has 4 heteroatoms. The van der Waals surface area contributed by atoms with Crippen LogP contribution >= 0.6 is 0 Å². The molecule has 0 aliphatic carbocycles. The third-order valence-electron chi connectivity index (χ3n) is 4.25. The molecular formula is C20H15N3O. The summed E-state index contributed by atoms with van der Waals surface area (Å²) in [6.45, 7) is 2.01. The van der Waals surface area contributed by atoms with Gasteiger partial charge in [-0.15, -0.1) is 0 Å². The lowest BCUT2D eigenvalue weighted by Crippen LogP contribution is -2.05. The highest BCUT2D eigenvalue weighted by molar-refractivity contribution is 5.92. The molecule has 116 valence electrons. The Morgan fingerprint density at radius 3 is 2.38 bits per heavy atom. The van der Waals surface area contributed by atoms with E-state index >= 15 is 0 Å². The van der Waals surface area contributed by atoms with E-state index in [1.807, 2.05) is 66.2 Å². The van der Waals surface area contributed by atoms with Gasteiger partial charge in [-0.2, -0.15) is 5.26 Å². The van der Waals surface area contributed by atoms with E-state index in [-0.39, 0.29) is 5.75 Å². The predicted molar refractivity (Wildman–Crippen MR) is 93.7 cm³/mol. The molecule has 0 bridgehead atoms. The van der Waals surface area contributed by atoms with Crippen LogP contribution in [-0.4, -0.2) is 14.2 Å². The lowest BCUT2D eigenvalue weighted by atomic mass is 10.2. The van der Waals surface area contributed by atoms with Crippen LogP contribution in [0.2, 0.25) is 0 Å². The molecule has 0 spiro atoms. The number of phenolic OH excluding ortho intramolecular Hbond substituents is 1. The van der Waals surface area contributed by atoms with E-state index in [9.17, 15) is 10.4 Å². The molecule has 0 radical (unpaired) electrons. The van der Waals surface area contributed by atoms with Crippen molar-refractivity contribution in [3.05, 3.63) is 78.1 Å². The molecule has 24 heavy (non-hydrogen) atoms. The quantitative estimate of drug-likeness (QED) is 0.599. The Labute approximate surface area is 139 Å². The molecule has 0 saturated carbocycles. The number of hydrogen-bond acceptors (Lipinski definition) is 2. The Bertz CT molecular complexity index is 1080. The first-order valence-corrected chi connectivity index (χ1v) is 7.68. The summed E-state index contributed by atoms with van der Waals surface area (Å²) < 4.78 is 4.08. The Hall–Kier alpha value is -3.45. The third-order valence-corrected chi connectivity index (χ3v) is 4.25. The summed E-state index contributed by atoms with van der Waals surface area (Å²) in [5.74, 6) is 1.03. The number of benzene rings is 2. The van der Waals surface area contributed by atoms with Gasteiger partial charge in [-0.1, -0.05) is 18.2 Å². The summed E-state index contributed by atoms with van der Waals surface area (Å²) in [6, 6.07) is 21.2. The van der Waals surface area contributed by atoms with Gasteiger partial charge in [0.2, 0.25) is 0 Å². The van der Waals surface area contributed by atoms with Crippen LogP contribution in [0.1, 0.15) is 11.3 Å². The molecule has 4 aromatic rings. The molecule has 0 saturated heterocycles. The number of rotatable bonds is 2. The first-order valence-electron chi connectivity index (χ1n) is 7.68. The van der Waals surface area contributed by atoms with Crippen molar-refractivity contribution in [2.75, 3.05) is 0 Å². The summed E-state index contributed by atoms with van der Waals surface area (Å²) in [5.41, 5.74) is 3.55. The molecule has 4 nitrogen and oxygen atoms in total. The van der Waals surface area contributed by atoms with Crippen molar-refractivity contribution in [2.24, 2.45) is 0 Å². The lowest BCUT2D eigenvalue weighted by Gasteiger charge is -2.13. The second-order valence-electron chi connectivity index (χ2n) is 5.70. The summed E-state index contributed by atoms with van der Waals surface area (Å²) in [5, 5.41) is 20.3. The molecular weight excluding hydrogens is 298 g/mol. The third kappa shape index (κ3) is 1.99. The average Bonchev–Trinajstić information content (AvgIpc) is 3.16. The number of fused-ring (bicyclic) bond motifs is 1. The molecule has 0 unspecified atom stereocenters. The van der Waals surface area contributed by atoms with Crippen molar-refractivity contribution in [2.45, 2.75) is 6.92 Å². The standard InChI is InChI=1S/C20H15N3O/c1-14-5-4-12-22(14)20-18(13-21)17-6-2-3-7-19(17)23(20)15-8-10-16(24)11-9-15/h2-12,24H,1H3. The number of hydrogen-bond donors (Lipinski definition) is 1. The molecule has 2 aromatic heterocycles. The van der Waals surface area contributed by atoms with Crippen molar-refractivity contribution >= 4 is 10.9 Å². The van der Waals surface area contributed by atoms with Gasteiger partial charge in [0.1, 0.15) is 23.2 Å². The normalized spacial score (nSPS) is 10.8. The number of aromatic hydroxyl groups is 1. The average molecular weight is 313 g/mol. The van der Waals surface area contributed by atoms with Gasteiger partial charge < -0.3 is 9.67 Å². The van der Waals surface area contributed by atoms with Gasteiger partial charge >= 0.3 is 0 Å². The fourth-order valence-electron chi connectivity index (χ4n) is 3.13. The van der Waals surface area contributed by atoms with E-state index in [0.29, 0.717) is 5.56 Å². The number of aryl methyl sites for hydroxylation is 1. The number of aromatic nitrogens is 2. The maximum atomic E-state index is 9.79. The van der Waals surface area contributed by atoms with Crippen LogP contribution in [0.5, 0.6) is 5.75 Å². The zero-order chi connectivity index (χ0) is 16.7. The predicted octanol–water partition coefficient (Wildman–Crippen LogP) is 4.31. The Morgan fingerprint density at radius 2 is 1.71 bits per heavy atom. The van der Waals surface area contributed by atoms with Crippen molar-refractivity contribution < 1.29 is 5.11 Å². The van der Waals surface area contributed by atoms with Crippen LogP contribution in [0.25, 0.3) is 22.4 Å². The molecule has 4 rings (SSSR count). The van der Waals surface area contributed by atoms with Crippen LogP contribution in [0, 0.1) is 18.3 Å². The van der Waals surface area contributed by atoms with E-state index in [1.165, 1.54) is 0 Å². The van der Waals surface area contributed by atoms with Crippen molar-refractivity contribution in [1.29, 1.82) is 5.26 Å². The van der Waals surface area contributed by atoms with Crippen molar-refractivity contribution in [3.8, 4) is 23.3 Å². The molecule has 0 aliphatic heterocycles. The van der Waals surface area contributed by atoms with Crippen LogP contribution in [0.15, 0.2) is 66.9 Å². The van der Waals surface area contributed by atoms with Crippen LogP contribution in [0.4, 0.5) is 0 Å². The summed E-state index contributed by atoms with van der Waals surface area (Å²) in [7, 11) is 0. The Kier molecular flexibility index (Phi) is 3.14. The van der Waals surface area contributed by atoms with E-state index in [2.05, 4.69) is 10.6 Å². The van der Waals surface area contributed by atoms with Crippen molar-refractivity contribution in [1.82, 2.24) is 9.13 Å². The maximum absolute atomic E-state index is 9.79. The van der Waals surface area contributed by atoms with Crippen LogP contribution in [0.3, 0.4) is 0 Å². The maximum Gasteiger partial charge on any atom is 0.140 e. The number of para-hydroxylation sites is 1. The first kappa shape index (κ1) is 14.2. The van der Waals surface area contributed by atoms with Gasteiger partial charge in [0.25, 0.3) is 0 Å². The van der Waals surface area contributed by atoms with Gasteiger partial charge in [0, 0.05) is 23.0 Å². The fourth-order valence-corrected chi connectivity index (χ4v) is 3.13. The summed E-state index contributed by atoms with van der Waals surface area (Å²) in [6.07, 6.45) is 1.96. The smallest absolute Gasteiger partial charge is 0.140 e. The molecule has 0 fully saturated rings. The molecule has 0 aliphatic rings. The van der Waals surface area contributed by atoms with Gasteiger partial charge in [-0.3, -0.25) is 4.57 Å². The number of phenols is 1. The highest BCUT2D eigenvalue weighted by Gasteiger charge is 2.20. The number of nitriles is 1. The Balaban J connectivity index is 2.17. The highest BCUT2D eigenvalue weighted by Crippen LogP contribution is 2.33. The minimum atomic E-state index is 0.217.